The summed E-state index contributed by atoms with van der Waals surface area (Å²) in [5, 5.41) is 0. The highest BCUT2D eigenvalue weighted by Crippen LogP contribution is 2.62. The number of rotatable bonds is 6. The Labute approximate surface area is 160 Å². The lowest BCUT2D eigenvalue weighted by atomic mass is 9.64. The number of anilines is 1. The summed E-state index contributed by atoms with van der Waals surface area (Å²) in [6, 6.07) is 6.22. The number of ether oxygens (including phenoxy) is 1. The number of nitrogens with zero attached hydrogens (tertiary/aromatic N) is 1. The molecular formula is C21H26BNO2S. The van der Waals surface area contributed by atoms with Crippen LogP contribution in [0.2, 0.25) is 12.6 Å². The highest BCUT2D eigenvalue weighted by molar-refractivity contribution is 7.14. The zero-order valence-corrected chi connectivity index (χ0v) is 17.1. The van der Waals surface area contributed by atoms with Gasteiger partial charge in [0.1, 0.15) is 12.5 Å². The molecule has 26 heavy (non-hydrogen) atoms. The van der Waals surface area contributed by atoms with Gasteiger partial charge in [-0.05, 0) is 48.3 Å². The molecule has 0 bridgehead atoms. The molecule has 1 saturated heterocycles. The van der Waals surface area contributed by atoms with Crippen molar-refractivity contribution in [2.45, 2.75) is 44.6 Å². The normalized spacial score (nSPS) is 20.0. The van der Waals surface area contributed by atoms with E-state index in [2.05, 4.69) is 30.8 Å². The molecule has 0 saturated carbocycles. The Morgan fingerprint density at radius 2 is 2.15 bits per heavy atom. The van der Waals surface area contributed by atoms with E-state index < -0.39 is 0 Å². The van der Waals surface area contributed by atoms with Crippen molar-refractivity contribution >= 4 is 29.5 Å². The monoisotopic (exact) mass is 367 g/mol. The van der Waals surface area contributed by atoms with Gasteiger partial charge in [-0.1, -0.05) is 18.7 Å². The second kappa shape index (κ2) is 6.45. The number of ketones is 1. The standard InChI is InChI=1S/C21H26BNO2S/c1-12-19-15(11-16-20(19)22(16)2)21(26-12)17(24)9-7-13-6-8-14(23(3)4)10-18(13)25-5/h6,8,10,16,20H,7,9,11H2,1-5H3/t16-,20-/m1/s1. The molecule has 0 radical (unpaired) electrons. The number of benzene rings is 1. The summed E-state index contributed by atoms with van der Waals surface area (Å²) in [6.45, 7) is 5.36. The van der Waals surface area contributed by atoms with Gasteiger partial charge in [0.15, 0.2) is 5.78 Å². The maximum absolute atomic E-state index is 12.9. The largest absolute Gasteiger partial charge is 0.496 e. The van der Waals surface area contributed by atoms with E-state index in [-0.39, 0.29) is 0 Å². The molecule has 2 atom stereocenters. The lowest BCUT2D eigenvalue weighted by Crippen LogP contribution is -2.09. The van der Waals surface area contributed by atoms with Gasteiger partial charge in [0.25, 0.3) is 0 Å². The number of carbonyl (C=O) groups is 1. The molecule has 1 aromatic heterocycles. The predicted molar refractivity (Wildman–Crippen MR) is 111 cm³/mol. The molecule has 1 aliphatic heterocycles. The fourth-order valence-electron chi connectivity index (χ4n) is 4.62. The van der Waals surface area contributed by atoms with E-state index in [0.717, 1.165) is 53.1 Å². The molecule has 2 heterocycles. The summed E-state index contributed by atoms with van der Waals surface area (Å²) in [6.07, 6.45) is 2.40. The number of fused-ring (bicyclic) bond motifs is 3. The summed E-state index contributed by atoms with van der Waals surface area (Å²) in [5.74, 6) is 2.71. The molecule has 0 amide bonds. The van der Waals surface area contributed by atoms with Crippen molar-refractivity contribution in [3.63, 3.8) is 0 Å². The maximum atomic E-state index is 12.9. The molecule has 0 N–H and O–H groups in total. The first-order valence-corrected chi connectivity index (χ1v) is 10.2. The third-order valence-electron chi connectivity index (χ3n) is 6.23. The number of methoxy groups -OCH3 is 1. The summed E-state index contributed by atoms with van der Waals surface area (Å²) >= 11 is 1.72. The van der Waals surface area contributed by atoms with E-state index in [1.807, 2.05) is 20.2 Å². The van der Waals surface area contributed by atoms with Gasteiger partial charge in [-0.3, -0.25) is 4.79 Å². The van der Waals surface area contributed by atoms with Gasteiger partial charge < -0.3 is 9.64 Å². The molecule has 0 spiro atoms. The fourth-order valence-corrected chi connectivity index (χ4v) is 5.83. The number of hydrogen-bond donors (Lipinski definition) is 0. The third-order valence-corrected chi connectivity index (χ3v) is 7.44. The minimum Gasteiger partial charge on any atom is -0.496 e. The van der Waals surface area contributed by atoms with Crippen molar-refractivity contribution < 1.29 is 9.53 Å². The van der Waals surface area contributed by atoms with E-state index in [9.17, 15) is 4.79 Å². The Bertz CT molecular complexity index is 873. The van der Waals surface area contributed by atoms with Crippen molar-refractivity contribution in [1.29, 1.82) is 0 Å². The van der Waals surface area contributed by atoms with Crippen LogP contribution in [0, 0.1) is 6.92 Å². The minimum atomic E-state index is 0.298. The quantitative estimate of drug-likeness (QED) is 0.551. The molecule has 2 aliphatic rings. The van der Waals surface area contributed by atoms with Gasteiger partial charge in [-0.15, -0.1) is 11.3 Å². The predicted octanol–water partition coefficient (Wildman–Crippen LogP) is 4.63. The average Bonchev–Trinajstić information content (AvgIpc) is 2.98. The Kier molecular flexibility index (Phi) is 4.38. The van der Waals surface area contributed by atoms with Crippen LogP contribution < -0.4 is 9.64 Å². The van der Waals surface area contributed by atoms with Gasteiger partial charge in [-0.2, -0.15) is 0 Å². The lowest BCUT2D eigenvalue weighted by molar-refractivity contribution is 0.0986. The summed E-state index contributed by atoms with van der Waals surface area (Å²) in [5.41, 5.74) is 5.11. The summed E-state index contributed by atoms with van der Waals surface area (Å²) in [7, 11) is 5.73. The summed E-state index contributed by atoms with van der Waals surface area (Å²) < 4.78 is 5.55. The topological polar surface area (TPSA) is 29.5 Å². The van der Waals surface area contributed by atoms with Crippen molar-refractivity contribution in [2.75, 3.05) is 26.1 Å². The minimum absolute atomic E-state index is 0.298. The number of aryl methyl sites for hydroxylation is 2. The zero-order valence-electron chi connectivity index (χ0n) is 16.3. The molecule has 5 heteroatoms. The van der Waals surface area contributed by atoms with Crippen LogP contribution in [0.15, 0.2) is 18.2 Å². The maximum Gasteiger partial charge on any atom is 0.173 e. The Morgan fingerprint density at radius 3 is 2.85 bits per heavy atom. The number of hydrogen-bond acceptors (Lipinski definition) is 4. The molecule has 1 aliphatic carbocycles. The third kappa shape index (κ3) is 2.77. The van der Waals surface area contributed by atoms with Crippen molar-refractivity contribution in [3.05, 3.63) is 44.6 Å². The van der Waals surface area contributed by atoms with Crippen LogP contribution in [0.3, 0.4) is 0 Å². The van der Waals surface area contributed by atoms with Gasteiger partial charge >= 0.3 is 0 Å². The highest BCUT2D eigenvalue weighted by Gasteiger charge is 2.57. The summed E-state index contributed by atoms with van der Waals surface area (Å²) in [4.78, 5) is 17.4. The first-order valence-electron chi connectivity index (χ1n) is 9.42. The van der Waals surface area contributed by atoms with E-state index in [1.165, 1.54) is 16.0 Å². The molecule has 1 fully saturated rings. The zero-order chi connectivity index (χ0) is 18.6. The Balaban J connectivity index is 1.50. The van der Waals surface area contributed by atoms with Crippen LogP contribution in [0.5, 0.6) is 5.75 Å². The van der Waals surface area contributed by atoms with Crippen LogP contribution in [-0.2, 0) is 12.8 Å². The highest BCUT2D eigenvalue weighted by atomic mass is 32.1. The Hall–Kier alpha value is -1.75. The van der Waals surface area contributed by atoms with E-state index in [1.54, 1.807) is 18.4 Å². The second-order valence-electron chi connectivity index (χ2n) is 7.95. The van der Waals surface area contributed by atoms with Crippen LogP contribution in [0.4, 0.5) is 5.69 Å². The molecule has 136 valence electrons. The molecule has 2 aromatic rings. The van der Waals surface area contributed by atoms with E-state index in [0.29, 0.717) is 12.2 Å². The Morgan fingerprint density at radius 1 is 1.38 bits per heavy atom. The first-order chi connectivity index (χ1) is 12.4. The van der Waals surface area contributed by atoms with Crippen molar-refractivity contribution in [2.24, 2.45) is 0 Å². The van der Waals surface area contributed by atoms with E-state index in [4.69, 9.17) is 4.74 Å². The van der Waals surface area contributed by atoms with E-state index >= 15 is 0 Å². The number of thiophene rings is 1. The molecule has 1 aromatic carbocycles. The van der Waals surface area contributed by atoms with Crippen LogP contribution in [-0.4, -0.2) is 33.7 Å². The number of carbonyl (C=O) groups excluding carboxylic acids is 1. The van der Waals surface area contributed by atoms with Gasteiger partial charge in [0, 0.05) is 37.1 Å². The SMILES string of the molecule is COc1cc(N(C)C)ccc1CCC(=O)c1sc(C)c2c1C[C@H]1B(C)[C@@H]21. The van der Waals surface area contributed by atoms with Crippen LogP contribution in [0.1, 0.15) is 43.5 Å². The van der Waals surface area contributed by atoms with Crippen LogP contribution in [0.25, 0.3) is 0 Å². The lowest BCUT2D eigenvalue weighted by Gasteiger charge is -2.16. The fraction of sp³-hybridized carbons (Fsp3) is 0.476. The molecule has 4 rings (SSSR count). The van der Waals surface area contributed by atoms with Gasteiger partial charge in [-0.25, -0.2) is 0 Å². The first kappa shape index (κ1) is 17.7. The molecule has 3 nitrogen and oxygen atoms in total. The number of Topliss-reactive ketones (excluding diaryl/α,β-unsaturated/α-hetero) is 1. The van der Waals surface area contributed by atoms with Crippen LogP contribution >= 0.6 is 11.3 Å². The van der Waals surface area contributed by atoms with Crippen molar-refractivity contribution in [1.82, 2.24) is 0 Å². The van der Waals surface area contributed by atoms with Crippen molar-refractivity contribution in [3.8, 4) is 5.75 Å². The van der Waals surface area contributed by atoms with Gasteiger partial charge in [0.05, 0.1) is 12.0 Å². The molecule has 0 unspecified atom stereocenters. The van der Waals surface area contributed by atoms with Gasteiger partial charge in [0.2, 0.25) is 0 Å². The average molecular weight is 367 g/mol. The smallest absolute Gasteiger partial charge is 0.173 e. The second-order valence-corrected chi connectivity index (χ2v) is 9.17. The molecular weight excluding hydrogens is 341 g/mol.